The summed E-state index contributed by atoms with van der Waals surface area (Å²) in [5.74, 6) is 4.41. The van der Waals surface area contributed by atoms with Crippen molar-refractivity contribution in [2.24, 2.45) is 46.3 Å². The van der Waals surface area contributed by atoms with Gasteiger partial charge in [0.15, 0.2) is 5.78 Å². The van der Waals surface area contributed by atoms with E-state index in [4.69, 9.17) is 16.3 Å². The molecular weight excluding hydrogens is 480 g/mol. The van der Waals surface area contributed by atoms with Crippen LogP contribution >= 0.6 is 11.6 Å². The van der Waals surface area contributed by atoms with Crippen molar-refractivity contribution in [2.45, 2.75) is 92.0 Å². The molecule has 4 saturated carbocycles. The molecule has 1 aromatic carbocycles. The van der Waals surface area contributed by atoms with E-state index in [2.05, 4.69) is 18.9 Å². The fourth-order valence-electron chi connectivity index (χ4n) is 9.77. The topological polar surface area (TPSA) is 44.1 Å². The van der Waals surface area contributed by atoms with Crippen LogP contribution in [0.4, 0.5) is 0 Å². The quantitative estimate of drug-likeness (QED) is 0.394. The van der Waals surface area contributed by atoms with E-state index in [9.17, 15) is 4.79 Å². The number of benzene rings is 1. The van der Waals surface area contributed by atoms with Crippen LogP contribution in [0.5, 0.6) is 0 Å². The molecule has 5 heteroatoms. The second-order valence-corrected chi connectivity index (χ2v) is 13.3. The number of methoxy groups -OCH3 is 1. The average Bonchev–Trinajstić information content (AvgIpc) is 3.45. The maximum atomic E-state index is 13.8. The Kier molecular flexibility index (Phi) is 7.82. The molecule has 204 valence electrons. The summed E-state index contributed by atoms with van der Waals surface area (Å²) in [5, 5.41) is 6.28. The summed E-state index contributed by atoms with van der Waals surface area (Å²) in [6, 6.07) is 5.80. The minimum atomic E-state index is 0.127. The Morgan fingerprint density at radius 2 is 1.92 bits per heavy atom. The van der Waals surface area contributed by atoms with Crippen LogP contribution < -0.4 is 0 Å². The first-order valence-corrected chi connectivity index (χ1v) is 15.4. The Morgan fingerprint density at radius 3 is 2.70 bits per heavy atom. The van der Waals surface area contributed by atoms with E-state index in [0.717, 1.165) is 47.6 Å². The zero-order valence-corrected chi connectivity index (χ0v) is 24.4. The van der Waals surface area contributed by atoms with Gasteiger partial charge in [0.2, 0.25) is 0 Å². The maximum absolute atomic E-state index is 13.8. The predicted molar refractivity (Wildman–Crippen MR) is 152 cm³/mol. The van der Waals surface area contributed by atoms with Crippen LogP contribution in [0.15, 0.2) is 24.4 Å². The van der Waals surface area contributed by atoms with E-state index in [0.29, 0.717) is 28.7 Å². The number of ketones is 1. The number of nitrogens with zero attached hydrogens (tertiary/aromatic N) is 2. The Morgan fingerprint density at radius 1 is 1.11 bits per heavy atom. The van der Waals surface area contributed by atoms with Crippen LogP contribution in [-0.2, 0) is 16.1 Å². The van der Waals surface area contributed by atoms with Gasteiger partial charge in [-0.05, 0) is 110 Å². The highest BCUT2D eigenvalue weighted by Gasteiger charge is 2.62. The monoisotopic (exact) mass is 526 g/mol. The minimum absolute atomic E-state index is 0.127. The van der Waals surface area contributed by atoms with Crippen LogP contribution in [0.2, 0.25) is 5.02 Å². The van der Waals surface area contributed by atoms with Gasteiger partial charge in [0.05, 0.1) is 18.3 Å². The van der Waals surface area contributed by atoms with E-state index < -0.39 is 0 Å². The van der Waals surface area contributed by atoms with Gasteiger partial charge in [0.1, 0.15) is 6.54 Å². The van der Waals surface area contributed by atoms with Gasteiger partial charge in [-0.2, -0.15) is 5.10 Å². The van der Waals surface area contributed by atoms with E-state index in [1.807, 2.05) is 50.0 Å². The summed E-state index contributed by atoms with van der Waals surface area (Å²) >= 11 is 6.24. The van der Waals surface area contributed by atoms with Gasteiger partial charge in [-0.15, -0.1) is 0 Å². The molecule has 0 radical (unpaired) electrons. The average molecular weight is 527 g/mol. The summed E-state index contributed by atoms with van der Waals surface area (Å²) in [6.45, 7) is 10.2. The number of halogens is 1. The molecule has 1 heterocycles. The molecule has 5 unspecified atom stereocenters. The van der Waals surface area contributed by atoms with Crippen molar-refractivity contribution in [3.05, 3.63) is 29.4 Å². The summed E-state index contributed by atoms with van der Waals surface area (Å²) < 4.78 is 7.82. The van der Waals surface area contributed by atoms with E-state index in [1.165, 1.54) is 51.4 Å². The Balaban J connectivity index is 0.00000137. The Bertz CT molecular complexity index is 1110. The van der Waals surface area contributed by atoms with Crippen molar-refractivity contribution in [1.82, 2.24) is 9.78 Å². The third kappa shape index (κ3) is 4.48. The molecule has 0 bridgehead atoms. The van der Waals surface area contributed by atoms with Crippen molar-refractivity contribution < 1.29 is 9.53 Å². The fraction of sp³-hybridized carbons (Fsp3) is 0.750. The van der Waals surface area contributed by atoms with Gasteiger partial charge in [-0.3, -0.25) is 9.48 Å². The van der Waals surface area contributed by atoms with Crippen molar-refractivity contribution in [2.75, 3.05) is 13.7 Å². The van der Waals surface area contributed by atoms with Crippen molar-refractivity contribution in [3.8, 4) is 0 Å². The number of rotatable bonds is 5. The van der Waals surface area contributed by atoms with Crippen molar-refractivity contribution in [1.29, 1.82) is 0 Å². The number of hydrogen-bond acceptors (Lipinski definition) is 3. The first-order chi connectivity index (χ1) is 17.9. The molecule has 8 atom stereocenters. The first-order valence-electron chi connectivity index (χ1n) is 15.0. The maximum Gasteiger partial charge on any atom is 0.157 e. The molecule has 1 aromatic heterocycles. The smallest absolute Gasteiger partial charge is 0.157 e. The lowest BCUT2D eigenvalue weighted by Crippen LogP contribution is -2.56. The number of hydrogen-bond donors (Lipinski definition) is 0. The summed E-state index contributed by atoms with van der Waals surface area (Å²) in [5.41, 5.74) is 1.46. The third-order valence-corrected chi connectivity index (χ3v) is 11.6. The van der Waals surface area contributed by atoms with Crippen LogP contribution in [0.3, 0.4) is 0 Å². The van der Waals surface area contributed by atoms with Crippen molar-refractivity contribution >= 4 is 28.3 Å². The number of ether oxygens (including phenoxy) is 1. The van der Waals surface area contributed by atoms with Crippen LogP contribution in [0.25, 0.3) is 10.9 Å². The molecule has 0 amide bonds. The second kappa shape index (κ2) is 10.6. The van der Waals surface area contributed by atoms with Crippen LogP contribution in [0, 0.1) is 46.3 Å². The number of fused-ring (bicyclic) bond motifs is 6. The molecular formula is C32H47ClN2O2. The molecule has 0 aliphatic heterocycles. The molecule has 4 nitrogen and oxygen atoms in total. The standard InChI is InChI=1S/C30H41ClN2O2.C2H6/c1-19-10-13-30(18-35-3)21(14-19)5-7-23-24-8-9-26(29(24,2)12-11-25(23)30)28(34)17-33-27-15-22(31)6-4-20(27)16-32-33;1-2/h4,6,15-16,19,21,23-26H,5,7-14,17-18H2,1-3H3;1-2H3/t19-,21?,23?,24?,25?,26+,29-,30?;/m0./s1. The zero-order valence-electron chi connectivity index (χ0n) is 23.6. The zero-order chi connectivity index (χ0) is 26.4. The molecule has 4 fully saturated rings. The molecule has 2 aromatic rings. The molecule has 0 spiro atoms. The summed E-state index contributed by atoms with van der Waals surface area (Å²) in [7, 11) is 1.91. The Hall–Kier alpha value is -1.39. The highest BCUT2D eigenvalue weighted by Crippen LogP contribution is 2.68. The highest BCUT2D eigenvalue weighted by molar-refractivity contribution is 6.31. The lowest BCUT2D eigenvalue weighted by atomic mass is 9.44. The number of aromatic nitrogens is 2. The summed E-state index contributed by atoms with van der Waals surface area (Å²) in [6.07, 6.45) is 13.4. The van der Waals surface area contributed by atoms with Gasteiger partial charge in [-0.1, -0.05) is 45.7 Å². The minimum Gasteiger partial charge on any atom is -0.384 e. The van der Waals surface area contributed by atoms with E-state index in [1.54, 1.807) is 0 Å². The molecule has 0 N–H and O–H groups in total. The molecule has 6 rings (SSSR count). The molecule has 4 aliphatic rings. The normalized spacial score (nSPS) is 38.8. The van der Waals surface area contributed by atoms with Crippen LogP contribution in [0.1, 0.15) is 85.5 Å². The lowest BCUT2D eigenvalue weighted by Gasteiger charge is -2.61. The van der Waals surface area contributed by atoms with Gasteiger partial charge in [-0.25, -0.2) is 0 Å². The van der Waals surface area contributed by atoms with Gasteiger partial charge in [0.25, 0.3) is 0 Å². The molecule has 0 saturated heterocycles. The third-order valence-electron chi connectivity index (χ3n) is 11.3. The molecule has 4 aliphatic carbocycles. The number of carbonyl (C=O) groups excluding carboxylic acids is 1. The van der Waals surface area contributed by atoms with E-state index >= 15 is 0 Å². The predicted octanol–water partition coefficient (Wildman–Crippen LogP) is 8.21. The fourth-order valence-corrected chi connectivity index (χ4v) is 9.94. The molecule has 37 heavy (non-hydrogen) atoms. The first kappa shape index (κ1) is 27.2. The number of carbonyl (C=O) groups is 1. The number of Topliss-reactive ketones (excluding diaryl/α,β-unsaturated/α-hetero) is 1. The lowest BCUT2D eigenvalue weighted by molar-refractivity contribution is -0.154. The second-order valence-electron chi connectivity index (χ2n) is 12.8. The van der Waals surface area contributed by atoms with E-state index in [-0.39, 0.29) is 11.3 Å². The summed E-state index contributed by atoms with van der Waals surface area (Å²) in [4.78, 5) is 13.8. The van der Waals surface area contributed by atoms with Gasteiger partial charge < -0.3 is 4.74 Å². The van der Waals surface area contributed by atoms with Gasteiger partial charge in [0, 0.05) is 23.4 Å². The Labute approximate surface area is 228 Å². The largest absolute Gasteiger partial charge is 0.384 e. The highest BCUT2D eigenvalue weighted by atomic mass is 35.5. The van der Waals surface area contributed by atoms with Crippen molar-refractivity contribution in [3.63, 3.8) is 0 Å². The SMILES string of the molecule is CC.COCC12CC[C@H](C)CC1CCC1C2CC[C@@]2(C)C1CC[C@@H]2C(=O)Cn1ncc2ccc(Cl)cc21. The van der Waals surface area contributed by atoms with Crippen LogP contribution in [-0.4, -0.2) is 29.3 Å². The van der Waals surface area contributed by atoms with Gasteiger partial charge >= 0.3 is 0 Å².